The lowest BCUT2D eigenvalue weighted by molar-refractivity contribution is -0.142. The summed E-state index contributed by atoms with van der Waals surface area (Å²) in [6.07, 6.45) is 1.92. The molecule has 2 aliphatic rings. The summed E-state index contributed by atoms with van der Waals surface area (Å²) < 4.78 is 0. The summed E-state index contributed by atoms with van der Waals surface area (Å²) in [5.74, 6) is 0.341. The predicted octanol–water partition coefficient (Wildman–Crippen LogP) is -0.419. The first kappa shape index (κ1) is 6.16. The van der Waals surface area contributed by atoms with Crippen molar-refractivity contribution in [1.29, 1.82) is 0 Å². The largest absolute Gasteiger partial charge is 0.338 e. The van der Waals surface area contributed by atoms with E-state index < -0.39 is 0 Å². The van der Waals surface area contributed by atoms with E-state index in [2.05, 4.69) is 5.32 Å². The maximum Gasteiger partial charge on any atom is 0.224 e. The van der Waals surface area contributed by atoms with Gasteiger partial charge in [-0.1, -0.05) is 0 Å². The fraction of sp³-hybridized carbons (Fsp3) is 0.857. The Labute approximate surface area is 60.4 Å². The molecule has 1 atom stereocenters. The molecule has 1 amide bonds. The van der Waals surface area contributed by atoms with Crippen molar-refractivity contribution < 1.29 is 4.79 Å². The molecule has 0 saturated carbocycles. The molecule has 0 radical (unpaired) electrons. The molecule has 2 saturated heterocycles. The predicted molar refractivity (Wildman–Crippen MR) is 37.6 cm³/mol. The van der Waals surface area contributed by atoms with Gasteiger partial charge in [-0.25, -0.2) is 0 Å². The number of hydrogen-bond donors (Lipinski definition) is 1. The minimum Gasteiger partial charge on any atom is -0.338 e. The van der Waals surface area contributed by atoms with Crippen LogP contribution in [-0.4, -0.2) is 36.5 Å². The molecule has 0 aromatic heterocycles. The Morgan fingerprint density at radius 2 is 2.50 bits per heavy atom. The summed E-state index contributed by atoms with van der Waals surface area (Å²) in [4.78, 5) is 12.9. The molecular formula is C7H12N2O. The molecule has 0 aromatic rings. The molecule has 0 spiro atoms. The van der Waals surface area contributed by atoms with Gasteiger partial charge in [0.15, 0.2) is 0 Å². The number of nitrogens with one attached hydrogen (secondary N) is 1. The van der Waals surface area contributed by atoms with E-state index in [4.69, 9.17) is 0 Å². The van der Waals surface area contributed by atoms with Gasteiger partial charge in [0, 0.05) is 25.6 Å². The lowest BCUT2D eigenvalue weighted by Gasteiger charge is -2.35. The van der Waals surface area contributed by atoms with E-state index in [1.54, 1.807) is 0 Å². The topological polar surface area (TPSA) is 32.3 Å². The fourth-order valence-corrected chi connectivity index (χ4v) is 1.62. The summed E-state index contributed by atoms with van der Waals surface area (Å²) in [7, 11) is 0. The van der Waals surface area contributed by atoms with Crippen molar-refractivity contribution in [1.82, 2.24) is 10.2 Å². The second-order valence-corrected chi connectivity index (χ2v) is 2.98. The minimum atomic E-state index is 0.341. The molecule has 1 N–H and O–H groups in total. The van der Waals surface area contributed by atoms with Crippen molar-refractivity contribution in [3.05, 3.63) is 0 Å². The molecule has 2 fully saturated rings. The summed E-state index contributed by atoms with van der Waals surface area (Å²) in [6, 6.07) is 0.515. The van der Waals surface area contributed by atoms with Gasteiger partial charge < -0.3 is 10.2 Å². The Morgan fingerprint density at radius 1 is 1.60 bits per heavy atom. The molecule has 3 heteroatoms. The highest BCUT2D eigenvalue weighted by Gasteiger charge is 2.32. The third kappa shape index (κ3) is 0.814. The van der Waals surface area contributed by atoms with E-state index in [1.165, 1.54) is 0 Å². The van der Waals surface area contributed by atoms with Crippen molar-refractivity contribution in [3.8, 4) is 0 Å². The van der Waals surface area contributed by atoms with Gasteiger partial charge in [-0.05, 0) is 13.0 Å². The van der Waals surface area contributed by atoms with Gasteiger partial charge in [-0.2, -0.15) is 0 Å². The van der Waals surface area contributed by atoms with Gasteiger partial charge >= 0.3 is 0 Å². The third-order valence-electron chi connectivity index (χ3n) is 2.36. The van der Waals surface area contributed by atoms with Crippen LogP contribution in [0.15, 0.2) is 0 Å². The zero-order valence-corrected chi connectivity index (χ0v) is 5.97. The Bertz CT molecular complexity index is 152. The van der Waals surface area contributed by atoms with Crippen LogP contribution in [0.1, 0.15) is 12.8 Å². The van der Waals surface area contributed by atoms with E-state index in [1.807, 2.05) is 4.90 Å². The van der Waals surface area contributed by atoms with E-state index in [0.29, 0.717) is 11.9 Å². The number of β-lactam (4-membered cyclic amide) rings is 1. The van der Waals surface area contributed by atoms with Crippen molar-refractivity contribution in [2.45, 2.75) is 18.9 Å². The van der Waals surface area contributed by atoms with Crippen LogP contribution in [0.25, 0.3) is 0 Å². The number of hydrogen-bond acceptors (Lipinski definition) is 2. The van der Waals surface area contributed by atoms with Crippen LogP contribution >= 0.6 is 0 Å². The zero-order valence-electron chi connectivity index (χ0n) is 5.97. The van der Waals surface area contributed by atoms with E-state index in [-0.39, 0.29) is 0 Å². The maximum atomic E-state index is 10.9. The average Bonchev–Trinajstić information content (AvgIpc) is 2.37. The highest BCUT2D eigenvalue weighted by Crippen LogP contribution is 2.17. The van der Waals surface area contributed by atoms with Crippen molar-refractivity contribution in [2.24, 2.45) is 0 Å². The number of amides is 1. The molecule has 0 bridgehead atoms. The number of rotatable bonds is 1. The van der Waals surface area contributed by atoms with Crippen LogP contribution in [-0.2, 0) is 4.79 Å². The summed E-state index contributed by atoms with van der Waals surface area (Å²) in [5, 5.41) is 3.25. The normalized spacial score (nSPS) is 32.6. The summed E-state index contributed by atoms with van der Waals surface area (Å²) >= 11 is 0. The summed E-state index contributed by atoms with van der Waals surface area (Å²) in [6.45, 7) is 3.07. The van der Waals surface area contributed by atoms with Gasteiger partial charge in [-0.15, -0.1) is 0 Å². The van der Waals surface area contributed by atoms with Crippen LogP contribution in [0.3, 0.4) is 0 Å². The lowest BCUT2D eigenvalue weighted by Crippen LogP contribution is -2.50. The van der Waals surface area contributed by atoms with Crippen LogP contribution < -0.4 is 5.32 Å². The maximum absolute atomic E-state index is 10.9. The quantitative estimate of drug-likeness (QED) is 0.502. The number of likely N-dealkylation sites (tertiary alicyclic amines) is 1. The minimum absolute atomic E-state index is 0.341. The molecule has 1 unspecified atom stereocenters. The highest BCUT2D eigenvalue weighted by molar-refractivity contribution is 5.82. The molecule has 56 valence electrons. The first-order valence-corrected chi connectivity index (χ1v) is 3.88. The second kappa shape index (κ2) is 2.23. The molecule has 0 aliphatic carbocycles. The Hall–Kier alpha value is -0.570. The van der Waals surface area contributed by atoms with Crippen molar-refractivity contribution in [3.63, 3.8) is 0 Å². The fourth-order valence-electron chi connectivity index (χ4n) is 1.62. The van der Waals surface area contributed by atoms with E-state index in [0.717, 1.165) is 32.5 Å². The molecule has 0 aromatic carbocycles. The molecule has 2 heterocycles. The monoisotopic (exact) mass is 140 g/mol. The van der Waals surface area contributed by atoms with E-state index >= 15 is 0 Å². The Kier molecular flexibility index (Phi) is 1.38. The van der Waals surface area contributed by atoms with Crippen LogP contribution in [0.4, 0.5) is 0 Å². The number of carbonyl (C=O) groups excluding carboxylic acids is 1. The van der Waals surface area contributed by atoms with Gasteiger partial charge in [0.25, 0.3) is 0 Å². The number of carbonyl (C=O) groups is 1. The third-order valence-corrected chi connectivity index (χ3v) is 2.36. The molecule has 2 aliphatic heterocycles. The summed E-state index contributed by atoms with van der Waals surface area (Å²) in [5.41, 5.74) is 0. The standard InChI is InChI=1S/C7H12N2O/c10-7-2-4-9(7)6-1-3-8-5-6/h6,8H,1-5H2. The average molecular weight is 140 g/mol. The molecule has 10 heavy (non-hydrogen) atoms. The molecule has 3 nitrogen and oxygen atoms in total. The second-order valence-electron chi connectivity index (χ2n) is 2.98. The SMILES string of the molecule is O=C1CCN1C1CCNC1. The Morgan fingerprint density at radius 3 is 2.90 bits per heavy atom. The van der Waals surface area contributed by atoms with Crippen LogP contribution in [0, 0.1) is 0 Å². The zero-order chi connectivity index (χ0) is 6.97. The van der Waals surface area contributed by atoms with E-state index in [9.17, 15) is 4.79 Å². The number of nitrogens with zero attached hydrogens (tertiary/aromatic N) is 1. The first-order valence-electron chi connectivity index (χ1n) is 3.88. The first-order chi connectivity index (χ1) is 4.88. The van der Waals surface area contributed by atoms with Gasteiger partial charge in [0.2, 0.25) is 5.91 Å². The molecule has 2 rings (SSSR count). The highest BCUT2D eigenvalue weighted by atomic mass is 16.2. The smallest absolute Gasteiger partial charge is 0.224 e. The van der Waals surface area contributed by atoms with Crippen molar-refractivity contribution >= 4 is 5.91 Å². The van der Waals surface area contributed by atoms with Gasteiger partial charge in [0.05, 0.1) is 0 Å². The van der Waals surface area contributed by atoms with Crippen LogP contribution in [0.5, 0.6) is 0 Å². The van der Waals surface area contributed by atoms with Gasteiger partial charge in [-0.3, -0.25) is 4.79 Å². The van der Waals surface area contributed by atoms with Crippen LogP contribution in [0.2, 0.25) is 0 Å². The van der Waals surface area contributed by atoms with Gasteiger partial charge in [0.1, 0.15) is 0 Å². The lowest BCUT2D eigenvalue weighted by atomic mass is 10.1. The molecular weight excluding hydrogens is 128 g/mol. The Balaban J connectivity index is 1.92. The van der Waals surface area contributed by atoms with Crippen molar-refractivity contribution in [2.75, 3.05) is 19.6 Å².